The van der Waals surface area contributed by atoms with Crippen LogP contribution in [-0.2, 0) is 0 Å². The third-order valence-corrected chi connectivity index (χ3v) is 4.77. The van der Waals surface area contributed by atoms with Crippen LogP contribution in [0.3, 0.4) is 0 Å². The largest absolute Gasteiger partial charge is 0.351 e. The highest BCUT2D eigenvalue weighted by molar-refractivity contribution is 7.17. The van der Waals surface area contributed by atoms with E-state index in [0.717, 1.165) is 36.2 Å². The molecule has 1 N–H and O–H groups in total. The van der Waals surface area contributed by atoms with E-state index in [2.05, 4.69) is 27.3 Å². The molecule has 0 aromatic carbocycles. The third kappa shape index (κ3) is 3.14. The zero-order chi connectivity index (χ0) is 15.4. The molecule has 1 amide bonds. The molecule has 0 aliphatic carbocycles. The lowest BCUT2D eigenvalue weighted by atomic mass is 10.3. The molecule has 1 fully saturated rings. The fourth-order valence-corrected chi connectivity index (χ4v) is 3.44. The van der Waals surface area contributed by atoms with Gasteiger partial charge in [-0.1, -0.05) is 24.7 Å². The Hall–Kier alpha value is -1.89. The first-order valence-electron chi connectivity index (χ1n) is 7.84. The molecule has 22 heavy (non-hydrogen) atoms. The minimum atomic E-state index is -0.0589. The van der Waals surface area contributed by atoms with E-state index in [1.54, 1.807) is 0 Å². The fourth-order valence-electron chi connectivity index (χ4n) is 2.54. The molecule has 0 atom stereocenters. The van der Waals surface area contributed by atoms with E-state index in [0.29, 0.717) is 12.2 Å². The molecule has 2 aromatic rings. The van der Waals surface area contributed by atoms with Crippen molar-refractivity contribution in [1.29, 1.82) is 0 Å². The summed E-state index contributed by atoms with van der Waals surface area (Å²) in [7, 11) is 0. The number of unbranched alkanes of at least 4 members (excludes halogenated alkanes) is 1. The number of hydrogen-bond donors (Lipinski definition) is 1. The summed E-state index contributed by atoms with van der Waals surface area (Å²) in [6.07, 6.45) is 6.34. The maximum absolute atomic E-state index is 12.3. The smallest absolute Gasteiger partial charge is 0.268 e. The number of rotatable bonds is 6. The Kier molecular flexibility index (Phi) is 4.72. The minimum absolute atomic E-state index is 0.0589. The Morgan fingerprint density at radius 3 is 2.86 bits per heavy atom. The first-order valence-corrected chi connectivity index (χ1v) is 8.65. The highest BCUT2D eigenvalue weighted by atomic mass is 32.1. The van der Waals surface area contributed by atoms with Crippen LogP contribution in [0, 0.1) is 0 Å². The number of anilines is 1. The Balaban J connectivity index is 1.75. The van der Waals surface area contributed by atoms with Gasteiger partial charge in [-0.05, 0) is 31.4 Å². The number of amides is 1. The predicted molar refractivity (Wildman–Crippen MR) is 87.9 cm³/mol. The van der Waals surface area contributed by atoms with Crippen molar-refractivity contribution in [2.24, 2.45) is 0 Å². The zero-order valence-electron chi connectivity index (χ0n) is 12.8. The average molecular weight is 319 g/mol. The number of carbonyl (C=O) groups is 1. The first-order chi connectivity index (χ1) is 10.8. The van der Waals surface area contributed by atoms with Crippen molar-refractivity contribution in [1.82, 2.24) is 20.1 Å². The molecule has 118 valence electrons. The Morgan fingerprint density at radius 2 is 2.09 bits per heavy atom. The van der Waals surface area contributed by atoms with Crippen LogP contribution in [-0.4, -0.2) is 40.3 Å². The van der Waals surface area contributed by atoms with Gasteiger partial charge in [0.2, 0.25) is 10.3 Å². The van der Waals surface area contributed by atoms with Crippen molar-refractivity contribution in [2.75, 3.05) is 24.5 Å². The third-order valence-electron chi connectivity index (χ3n) is 3.78. The van der Waals surface area contributed by atoms with Gasteiger partial charge in [-0.3, -0.25) is 9.36 Å². The van der Waals surface area contributed by atoms with Crippen molar-refractivity contribution >= 4 is 22.4 Å². The second-order valence-electron chi connectivity index (χ2n) is 5.43. The lowest BCUT2D eigenvalue weighted by molar-refractivity contribution is 0.0946. The van der Waals surface area contributed by atoms with E-state index in [1.165, 1.54) is 24.2 Å². The van der Waals surface area contributed by atoms with Gasteiger partial charge in [-0.15, -0.1) is 10.2 Å². The van der Waals surface area contributed by atoms with Crippen molar-refractivity contribution in [3.05, 3.63) is 24.0 Å². The quantitative estimate of drug-likeness (QED) is 0.831. The van der Waals surface area contributed by atoms with Gasteiger partial charge < -0.3 is 10.2 Å². The Labute approximate surface area is 134 Å². The van der Waals surface area contributed by atoms with Gasteiger partial charge >= 0.3 is 0 Å². The number of nitrogens with one attached hydrogen (secondary N) is 1. The summed E-state index contributed by atoms with van der Waals surface area (Å²) in [5.41, 5.74) is 0.611. The van der Waals surface area contributed by atoms with Crippen LogP contribution >= 0.6 is 11.3 Å². The summed E-state index contributed by atoms with van der Waals surface area (Å²) in [5, 5.41) is 13.2. The van der Waals surface area contributed by atoms with E-state index >= 15 is 0 Å². The molecule has 6 nitrogen and oxygen atoms in total. The molecule has 1 aliphatic heterocycles. The van der Waals surface area contributed by atoms with Gasteiger partial charge in [-0.2, -0.15) is 0 Å². The van der Waals surface area contributed by atoms with E-state index in [-0.39, 0.29) is 5.91 Å². The normalized spacial score (nSPS) is 14.5. The van der Waals surface area contributed by atoms with E-state index in [1.807, 2.05) is 22.9 Å². The minimum Gasteiger partial charge on any atom is -0.351 e. The van der Waals surface area contributed by atoms with Gasteiger partial charge in [0, 0.05) is 25.8 Å². The van der Waals surface area contributed by atoms with E-state index < -0.39 is 0 Å². The molecule has 1 saturated heterocycles. The summed E-state index contributed by atoms with van der Waals surface area (Å²) < 4.78 is 1.82. The summed E-state index contributed by atoms with van der Waals surface area (Å²) in [5.74, 6) is -0.0589. The van der Waals surface area contributed by atoms with Crippen molar-refractivity contribution < 1.29 is 4.79 Å². The van der Waals surface area contributed by atoms with Gasteiger partial charge in [0.1, 0.15) is 5.69 Å². The Morgan fingerprint density at radius 1 is 1.32 bits per heavy atom. The van der Waals surface area contributed by atoms with E-state index in [9.17, 15) is 4.79 Å². The molecule has 0 saturated carbocycles. The lowest BCUT2D eigenvalue weighted by Gasteiger charge is -2.11. The van der Waals surface area contributed by atoms with Gasteiger partial charge in [-0.25, -0.2) is 0 Å². The molecule has 2 aromatic heterocycles. The van der Waals surface area contributed by atoms with Crippen LogP contribution in [0.15, 0.2) is 18.3 Å². The molecule has 7 heteroatoms. The summed E-state index contributed by atoms with van der Waals surface area (Å²) in [6, 6.07) is 3.68. The van der Waals surface area contributed by atoms with Crippen LogP contribution in [0.5, 0.6) is 0 Å². The molecular formula is C15H21N5OS. The van der Waals surface area contributed by atoms with E-state index in [4.69, 9.17) is 0 Å². The molecule has 0 spiro atoms. The first kappa shape index (κ1) is 15.0. The molecule has 1 aliphatic rings. The predicted octanol–water partition coefficient (Wildman–Crippen LogP) is 2.46. The van der Waals surface area contributed by atoms with Gasteiger partial charge in [0.25, 0.3) is 5.91 Å². The second-order valence-corrected chi connectivity index (χ2v) is 6.37. The monoisotopic (exact) mass is 319 g/mol. The molecule has 0 unspecified atom stereocenters. The Bertz CT molecular complexity index is 629. The highest BCUT2D eigenvalue weighted by Crippen LogP contribution is 2.27. The standard InChI is InChI=1S/C15H21N5OS/c1-2-3-8-16-13(21)12-7-6-11-20(12)15-18-17-14(22-15)19-9-4-5-10-19/h6-7,11H,2-5,8-10H2,1H3,(H,16,21). The summed E-state index contributed by atoms with van der Waals surface area (Å²) in [6.45, 7) is 4.90. The second kappa shape index (κ2) is 6.91. The number of hydrogen-bond acceptors (Lipinski definition) is 5. The number of nitrogens with zero attached hydrogens (tertiary/aromatic N) is 4. The van der Waals surface area contributed by atoms with Gasteiger partial charge in [0.05, 0.1) is 0 Å². The van der Waals surface area contributed by atoms with Crippen LogP contribution in [0.2, 0.25) is 0 Å². The topological polar surface area (TPSA) is 63.1 Å². The maximum Gasteiger partial charge on any atom is 0.268 e. The van der Waals surface area contributed by atoms with Crippen LogP contribution < -0.4 is 10.2 Å². The zero-order valence-corrected chi connectivity index (χ0v) is 13.6. The molecular weight excluding hydrogens is 298 g/mol. The van der Waals surface area contributed by atoms with Crippen molar-refractivity contribution in [3.63, 3.8) is 0 Å². The molecule has 0 radical (unpaired) electrons. The van der Waals surface area contributed by atoms with Gasteiger partial charge in [0.15, 0.2) is 0 Å². The molecule has 3 rings (SSSR count). The summed E-state index contributed by atoms with van der Waals surface area (Å²) in [4.78, 5) is 14.5. The number of carbonyl (C=O) groups excluding carboxylic acids is 1. The summed E-state index contributed by atoms with van der Waals surface area (Å²) >= 11 is 1.53. The van der Waals surface area contributed by atoms with Crippen LogP contribution in [0.25, 0.3) is 5.13 Å². The highest BCUT2D eigenvalue weighted by Gasteiger charge is 2.19. The maximum atomic E-state index is 12.3. The van der Waals surface area contributed by atoms with Crippen LogP contribution in [0.4, 0.5) is 5.13 Å². The number of aromatic nitrogens is 3. The molecule has 3 heterocycles. The lowest BCUT2D eigenvalue weighted by Crippen LogP contribution is -2.26. The van der Waals surface area contributed by atoms with Crippen LogP contribution in [0.1, 0.15) is 43.1 Å². The van der Waals surface area contributed by atoms with Crippen molar-refractivity contribution in [3.8, 4) is 5.13 Å². The fraction of sp³-hybridized carbons (Fsp3) is 0.533. The SMILES string of the molecule is CCCCNC(=O)c1cccn1-c1nnc(N2CCCC2)s1. The van der Waals surface area contributed by atoms with Crippen molar-refractivity contribution in [2.45, 2.75) is 32.6 Å². The average Bonchev–Trinajstić information content (AvgIpc) is 3.25. The molecule has 0 bridgehead atoms.